The van der Waals surface area contributed by atoms with Gasteiger partial charge in [-0.3, -0.25) is 9.48 Å². The van der Waals surface area contributed by atoms with E-state index in [1.807, 2.05) is 45.3 Å². The molecule has 0 saturated carbocycles. The molecule has 0 spiro atoms. The molecule has 2 heterocycles. The summed E-state index contributed by atoms with van der Waals surface area (Å²) in [5.74, 6) is 0.225. The number of carbonyl (C=O) groups excluding carboxylic acids is 1. The van der Waals surface area contributed by atoms with Crippen molar-refractivity contribution in [3.8, 4) is 23.1 Å². The van der Waals surface area contributed by atoms with Crippen LogP contribution in [0.5, 0.6) is 5.88 Å². The van der Waals surface area contributed by atoms with Gasteiger partial charge in [0.05, 0.1) is 13.3 Å². The molecule has 0 saturated heterocycles. The molecular formula is C22H23N5O2. The van der Waals surface area contributed by atoms with E-state index >= 15 is 0 Å². The summed E-state index contributed by atoms with van der Waals surface area (Å²) < 4.78 is 6.95. The van der Waals surface area contributed by atoms with Crippen LogP contribution in [-0.2, 0) is 13.6 Å². The first-order valence-corrected chi connectivity index (χ1v) is 9.14. The second kappa shape index (κ2) is 8.15. The standard InChI is InChI=1S/C22H23N5O2/c1-14-19(10-23)21(29-5)25-15(2)20(14)17-7-6-8-18(9-17)22(28)26(3)12-16-11-24-27(4)13-16/h6-9,11,13H,12H2,1-5H3. The van der Waals surface area contributed by atoms with Crippen molar-refractivity contribution >= 4 is 5.91 Å². The maximum Gasteiger partial charge on any atom is 0.253 e. The number of nitrogens with zero attached hydrogens (tertiary/aromatic N) is 5. The van der Waals surface area contributed by atoms with Gasteiger partial charge in [0.2, 0.25) is 5.88 Å². The van der Waals surface area contributed by atoms with E-state index in [0.717, 1.165) is 27.9 Å². The van der Waals surface area contributed by atoms with Crippen molar-refractivity contribution in [2.24, 2.45) is 7.05 Å². The molecule has 0 unspecified atom stereocenters. The molecular weight excluding hydrogens is 366 g/mol. The Morgan fingerprint density at radius 1 is 1.34 bits per heavy atom. The lowest BCUT2D eigenvalue weighted by molar-refractivity contribution is 0.0785. The maximum absolute atomic E-state index is 12.9. The van der Waals surface area contributed by atoms with E-state index in [-0.39, 0.29) is 5.91 Å². The predicted octanol–water partition coefficient (Wildman–Crippen LogP) is 3.25. The highest BCUT2D eigenvalue weighted by molar-refractivity contribution is 5.95. The Morgan fingerprint density at radius 3 is 2.72 bits per heavy atom. The van der Waals surface area contributed by atoms with E-state index < -0.39 is 0 Å². The molecule has 2 aromatic heterocycles. The van der Waals surface area contributed by atoms with Crippen molar-refractivity contribution in [2.75, 3.05) is 14.2 Å². The molecule has 0 N–H and O–H groups in total. The number of rotatable bonds is 5. The summed E-state index contributed by atoms with van der Waals surface area (Å²) in [6.45, 7) is 4.21. The number of ether oxygens (including phenoxy) is 1. The van der Waals surface area contributed by atoms with Gasteiger partial charge in [-0.1, -0.05) is 12.1 Å². The summed E-state index contributed by atoms with van der Waals surface area (Å²) in [6.07, 6.45) is 3.64. The summed E-state index contributed by atoms with van der Waals surface area (Å²) in [6, 6.07) is 9.56. The second-order valence-corrected chi connectivity index (χ2v) is 6.96. The van der Waals surface area contributed by atoms with Gasteiger partial charge in [-0.05, 0) is 37.1 Å². The predicted molar refractivity (Wildman–Crippen MR) is 109 cm³/mol. The Labute approximate surface area is 170 Å². The van der Waals surface area contributed by atoms with Crippen LogP contribution in [0.3, 0.4) is 0 Å². The average molecular weight is 389 g/mol. The molecule has 0 fully saturated rings. The molecule has 0 bridgehead atoms. The summed E-state index contributed by atoms with van der Waals surface area (Å²) >= 11 is 0. The number of pyridine rings is 1. The van der Waals surface area contributed by atoms with Gasteiger partial charge in [0, 0.05) is 49.2 Å². The SMILES string of the molecule is COc1nc(C)c(-c2cccc(C(=O)N(C)Cc3cnn(C)c3)c2)c(C)c1C#N. The number of amides is 1. The van der Waals surface area contributed by atoms with E-state index in [4.69, 9.17) is 4.74 Å². The summed E-state index contributed by atoms with van der Waals surface area (Å²) in [4.78, 5) is 19.0. The normalized spacial score (nSPS) is 10.5. The molecule has 148 valence electrons. The molecule has 3 rings (SSSR count). The highest BCUT2D eigenvalue weighted by atomic mass is 16.5. The molecule has 0 aliphatic carbocycles. The Hall–Kier alpha value is -3.66. The Bertz CT molecular complexity index is 1110. The number of benzene rings is 1. The molecule has 7 nitrogen and oxygen atoms in total. The van der Waals surface area contributed by atoms with E-state index in [0.29, 0.717) is 23.6 Å². The lowest BCUT2D eigenvalue weighted by atomic mass is 9.95. The highest BCUT2D eigenvalue weighted by Crippen LogP contribution is 2.32. The Morgan fingerprint density at radius 2 is 2.10 bits per heavy atom. The second-order valence-electron chi connectivity index (χ2n) is 6.96. The van der Waals surface area contributed by atoms with Crippen molar-refractivity contribution in [1.82, 2.24) is 19.7 Å². The zero-order valence-electron chi connectivity index (χ0n) is 17.2. The van der Waals surface area contributed by atoms with Crippen molar-refractivity contribution in [1.29, 1.82) is 5.26 Å². The number of nitriles is 1. The number of aromatic nitrogens is 3. The Balaban J connectivity index is 1.96. The van der Waals surface area contributed by atoms with Gasteiger partial charge in [-0.25, -0.2) is 4.98 Å². The molecule has 0 aliphatic rings. The van der Waals surface area contributed by atoms with Crippen LogP contribution in [0.25, 0.3) is 11.1 Å². The topological polar surface area (TPSA) is 84.0 Å². The first kappa shape index (κ1) is 20.1. The van der Waals surface area contributed by atoms with Gasteiger partial charge in [-0.2, -0.15) is 10.4 Å². The maximum atomic E-state index is 12.9. The van der Waals surface area contributed by atoms with E-state index in [1.54, 1.807) is 28.9 Å². The number of aryl methyl sites for hydroxylation is 2. The van der Waals surface area contributed by atoms with Gasteiger partial charge >= 0.3 is 0 Å². The van der Waals surface area contributed by atoms with Crippen LogP contribution in [0, 0.1) is 25.2 Å². The third-order valence-electron chi connectivity index (χ3n) is 4.82. The first-order valence-electron chi connectivity index (χ1n) is 9.14. The molecule has 3 aromatic rings. The van der Waals surface area contributed by atoms with E-state index in [2.05, 4.69) is 16.2 Å². The molecule has 29 heavy (non-hydrogen) atoms. The van der Waals surface area contributed by atoms with E-state index in [1.165, 1.54) is 7.11 Å². The van der Waals surface area contributed by atoms with Crippen LogP contribution < -0.4 is 4.74 Å². The minimum absolute atomic E-state index is 0.0898. The summed E-state index contributed by atoms with van der Waals surface area (Å²) in [7, 11) is 5.11. The lowest BCUT2D eigenvalue weighted by Gasteiger charge is -2.18. The number of hydrogen-bond donors (Lipinski definition) is 0. The monoisotopic (exact) mass is 389 g/mol. The van der Waals surface area contributed by atoms with Crippen molar-refractivity contribution in [2.45, 2.75) is 20.4 Å². The van der Waals surface area contributed by atoms with Gasteiger partial charge in [0.1, 0.15) is 11.6 Å². The molecule has 0 radical (unpaired) electrons. The van der Waals surface area contributed by atoms with Crippen LogP contribution in [0.15, 0.2) is 36.7 Å². The van der Waals surface area contributed by atoms with Crippen LogP contribution in [0.2, 0.25) is 0 Å². The minimum Gasteiger partial charge on any atom is -0.480 e. The first-order chi connectivity index (χ1) is 13.8. The summed E-state index contributed by atoms with van der Waals surface area (Å²) in [5, 5.41) is 13.7. The van der Waals surface area contributed by atoms with Gasteiger partial charge in [0.15, 0.2) is 0 Å². The Kier molecular flexibility index (Phi) is 5.64. The smallest absolute Gasteiger partial charge is 0.253 e. The fraction of sp³-hybridized carbons (Fsp3) is 0.273. The zero-order chi connectivity index (χ0) is 21.1. The number of carbonyl (C=O) groups is 1. The van der Waals surface area contributed by atoms with Crippen LogP contribution in [-0.4, -0.2) is 39.7 Å². The molecule has 1 amide bonds. The summed E-state index contributed by atoms with van der Waals surface area (Å²) in [5.41, 5.74) is 5.14. The number of methoxy groups -OCH3 is 1. The third kappa shape index (κ3) is 3.97. The minimum atomic E-state index is -0.0898. The van der Waals surface area contributed by atoms with Gasteiger partial charge < -0.3 is 9.64 Å². The third-order valence-corrected chi connectivity index (χ3v) is 4.82. The zero-order valence-corrected chi connectivity index (χ0v) is 17.2. The molecule has 0 aliphatic heterocycles. The fourth-order valence-corrected chi connectivity index (χ4v) is 3.45. The quantitative estimate of drug-likeness (QED) is 0.669. The van der Waals surface area contributed by atoms with Crippen molar-refractivity contribution in [3.63, 3.8) is 0 Å². The molecule has 1 aromatic carbocycles. The lowest BCUT2D eigenvalue weighted by Crippen LogP contribution is -2.26. The van der Waals surface area contributed by atoms with Crippen LogP contribution in [0.1, 0.15) is 32.7 Å². The largest absolute Gasteiger partial charge is 0.480 e. The van der Waals surface area contributed by atoms with E-state index in [9.17, 15) is 10.1 Å². The highest BCUT2D eigenvalue weighted by Gasteiger charge is 2.19. The van der Waals surface area contributed by atoms with Crippen LogP contribution >= 0.6 is 0 Å². The van der Waals surface area contributed by atoms with Crippen LogP contribution in [0.4, 0.5) is 0 Å². The fourth-order valence-electron chi connectivity index (χ4n) is 3.45. The van der Waals surface area contributed by atoms with Crippen molar-refractivity contribution in [3.05, 3.63) is 64.6 Å². The van der Waals surface area contributed by atoms with Crippen molar-refractivity contribution < 1.29 is 9.53 Å². The van der Waals surface area contributed by atoms with Gasteiger partial charge in [-0.15, -0.1) is 0 Å². The molecule has 7 heteroatoms. The van der Waals surface area contributed by atoms with Gasteiger partial charge in [0.25, 0.3) is 5.91 Å². The number of hydrogen-bond acceptors (Lipinski definition) is 5. The average Bonchev–Trinajstić information content (AvgIpc) is 3.11. The molecule has 0 atom stereocenters.